The van der Waals surface area contributed by atoms with Crippen LogP contribution in [0.3, 0.4) is 0 Å². The van der Waals surface area contributed by atoms with Gasteiger partial charge in [0.25, 0.3) is 0 Å². The van der Waals surface area contributed by atoms with Crippen molar-refractivity contribution in [2.24, 2.45) is 0 Å². The van der Waals surface area contributed by atoms with E-state index < -0.39 is 0 Å². The van der Waals surface area contributed by atoms with Crippen molar-refractivity contribution >= 4 is 22.9 Å². The molecule has 19 heavy (non-hydrogen) atoms. The Morgan fingerprint density at radius 1 is 1.32 bits per heavy atom. The molecule has 0 saturated heterocycles. The summed E-state index contributed by atoms with van der Waals surface area (Å²) in [5.41, 5.74) is 1.45. The fourth-order valence-corrected chi connectivity index (χ4v) is 2.00. The van der Waals surface area contributed by atoms with Gasteiger partial charge >= 0.3 is 0 Å². The van der Waals surface area contributed by atoms with E-state index in [0.717, 1.165) is 30.8 Å². The zero-order chi connectivity index (χ0) is 13.7. The van der Waals surface area contributed by atoms with Crippen LogP contribution >= 0.6 is 0 Å². The molecule has 0 aliphatic heterocycles. The van der Waals surface area contributed by atoms with Crippen LogP contribution in [0.2, 0.25) is 0 Å². The Balaban J connectivity index is 2.45. The van der Waals surface area contributed by atoms with Crippen LogP contribution in [-0.2, 0) is 0 Å². The quantitative estimate of drug-likeness (QED) is 0.691. The molecular formula is C12H20N6O. The molecule has 0 aromatic carbocycles. The summed E-state index contributed by atoms with van der Waals surface area (Å²) >= 11 is 0. The van der Waals surface area contributed by atoms with Crippen molar-refractivity contribution in [2.45, 2.75) is 20.3 Å². The Morgan fingerprint density at radius 3 is 2.84 bits per heavy atom. The van der Waals surface area contributed by atoms with Gasteiger partial charge in [0.1, 0.15) is 5.52 Å². The number of hydrogen-bond donors (Lipinski definition) is 3. The zero-order valence-corrected chi connectivity index (χ0v) is 11.3. The molecule has 2 heterocycles. The van der Waals surface area contributed by atoms with Crippen LogP contribution in [0.15, 0.2) is 6.33 Å². The van der Waals surface area contributed by atoms with Gasteiger partial charge in [0.15, 0.2) is 11.5 Å². The third kappa shape index (κ3) is 2.93. The van der Waals surface area contributed by atoms with Gasteiger partial charge in [0, 0.05) is 19.6 Å². The molecule has 3 N–H and O–H groups in total. The fraction of sp³-hybridized carbons (Fsp3) is 0.583. The zero-order valence-electron chi connectivity index (χ0n) is 11.3. The number of aromatic nitrogens is 4. The normalized spacial score (nSPS) is 10.9. The summed E-state index contributed by atoms with van der Waals surface area (Å²) < 4.78 is 0. The average Bonchev–Trinajstić information content (AvgIpc) is 2.86. The number of nitrogens with one attached hydrogen (secondary N) is 2. The van der Waals surface area contributed by atoms with Gasteiger partial charge in [0.05, 0.1) is 12.9 Å². The van der Waals surface area contributed by atoms with E-state index in [1.807, 2.05) is 11.8 Å². The summed E-state index contributed by atoms with van der Waals surface area (Å²) in [6, 6.07) is 0. The predicted octanol–water partition coefficient (Wildman–Crippen LogP) is 0.993. The van der Waals surface area contributed by atoms with Gasteiger partial charge in [-0.3, -0.25) is 0 Å². The van der Waals surface area contributed by atoms with Crippen LogP contribution in [0.1, 0.15) is 20.3 Å². The third-order valence-electron chi connectivity index (χ3n) is 2.76. The topological polar surface area (TPSA) is 90.0 Å². The van der Waals surface area contributed by atoms with Crippen LogP contribution in [0, 0.1) is 0 Å². The van der Waals surface area contributed by atoms with Crippen LogP contribution in [0.25, 0.3) is 11.2 Å². The second kappa shape index (κ2) is 6.33. The van der Waals surface area contributed by atoms with E-state index >= 15 is 0 Å². The molecule has 0 amide bonds. The number of rotatable bonds is 7. The molecule has 0 bridgehead atoms. The Hall–Kier alpha value is -1.89. The molecule has 0 aliphatic carbocycles. The van der Waals surface area contributed by atoms with E-state index in [1.165, 1.54) is 0 Å². The summed E-state index contributed by atoms with van der Waals surface area (Å²) in [5, 5.41) is 12.3. The lowest BCUT2D eigenvalue weighted by Crippen LogP contribution is -2.29. The van der Waals surface area contributed by atoms with Crippen LogP contribution < -0.4 is 10.2 Å². The number of aliphatic hydroxyl groups excluding tert-OH is 1. The SMILES string of the molecule is CCCN(CCO)c1nc(NCC)nc2nc[nH]c12. The largest absolute Gasteiger partial charge is 0.395 e. The lowest BCUT2D eigenvalue weighted by atomic mass is 10.3. The first-order valence-corrected chi connectivity index (χ1v) is 6.60. The van der Waals surface area contributed by atoms with Gasteiger partial charge in [-0.15, -0.1) is 0 Å². The molecule has 7 nitrogen and oxygen atoms in total. The van der Waals surface area contributed by atoms with E-state index in [0.29, 0.717) is 18.1 Å². The molecule has 0 fully saturated rings. The minimum absolute atomic E-state index is 0.0934. The first-order chi connectivity index (χ1) is 9.30. The minimum atomic E-state index is 0.0934. The van der Waals surface area contributed by atoms with E-state index in [2.05, 4.69) is 32.2 Å². The van der Waals surface area contributed by atoms with Crippen molar-refractivity contribution in [2.75, 3.05) is 36.5 Å². The number of hydrogen-bond acceptors (Lipinski definition) is 6. The summed E-state index contributed by atoms with van der Waals surface area (Å²) in [4.78, 5) is 18.2. The molecule has 0 spiro atoms. The van der Waals surface area contributed by atoms with Gasteiger partial charge in [-0.05, 0) is 13.3 Å². The fourth-order valence-electron chi connectivity index (χ4n) is 2.00. The monoisotopic (exact) mass is 264 g/mol. The number of fused-ring (bicyclic) bond motifs is 1. The lowest BCUT2D eigenvalue weighted by molar-refractivity contribution is 0.301. The maximum absolute atomic E-state index is 9.19. The highest BCUT2D eigenvalue weighted by atomic mass is 16.3. The highest BCUT2D eigenvalue weighted by Crippen LogP contribution is 2.22. The van der Waals surface area contributed by atoms with Crippen LogP contribution in [0.4, 0.5) is 11.8 Å². The van der Waals surface area contributed by atoms with Crippen molar-refractivity contribution in [3.8, 4) is 0 Å². The van der Waals surface area contributed by atoms with Gasteiger partial charge in [-0.25, -0.2) is 4.98 Å². The molecule has 0 saturated carbocycles. The van der Waals surface area contributed by atoms with Crippen molar-refractivity contribution in [3.63, 3.8) is 0 Å². The highest BCUT2D eigenvalue weighted by molar-refractivity contribution is 5.84. The number of nitrogens with zero attached hydrogens (tertiary/aromatic N) is 4. The van der Waals surface area contributed by atoms with E-state index in [4.69, 9.17) is 0 Å². The second-order valence-corrected chi connectivity index (χ2v) is 4.21. The standard InChI is InChI=1S/C12H20N6O/c1-3-5-18(6-7-19)11-9-10(15-8-14-9)16-12(17-11)13-4-2/h8,19H,3-7H2,1-2H3,(H2,13,14,15,16,17). The summed E-state index contributed by atoms with van der Waals surface area (Å²) in [7, 11) is 0. The van der Waals surface area contributed by atoms with Crippen molar-refractivity contribution in [1.29, 1.82) is 0 Å². The Morgan fingerprint density at radius 2 is 2.16 bits per heavy atom. The van der Waals surface area contributed by atoms with Crippen molar-refractivity contribution in [3.05, 3.63) is 6.33 Å². The summed E-state index contributed by atoms with van der Waals surface area (Å²) in [5.74, 6) is 1.35. The molecule has 7 heteroatoms. The Kier molecular flexibility index (Phi) is 4.51. The first-order valence-electron chi connectivity index (χ1n) is 6.60. The molecule has 0 radical (unpaired) electrons. The van der Waals surface area contributed by atoms with E-state index in [1.54, 1.807) is 6.33 Å². The maximum Gasteiger partial charge on any atom is 0.226 e. The van der Waals surface area contributed by atoms with Crippen LogP contribution in [0.5, 0.6) is 0 Å². The first kappa shape index (κ1) is 13.5. The molecule has 2 rings (SSSR count). The molecular weight excluding hydrogens is 244 g/mol. The minimum Gasteiger partial charge on any atom is -0.395 e. The average molecular weight is 264 g/mol. The smallest absolute Gasteiger partial charge is 0.226 e. The highest BCUT2D eigenvalue weighted by Gasteiger charge is 2.15. The number of imidazole rings is 1. The molecule has 0 unspecified atom stereocenters. The second-order valence-electron chi connectivity index (χ2n) is 4.21. The molecule has 2 aromatic rings. The van der Waals surface area contributed by atoms with Crippen LogP contribution in [-0.4, -0.2) is 51.3 Å². The summed E-state index contributed by atoms with van der Waals surface area (Å²) in [6.07, 6.45) is 2.60. The van der Waals surface area contributed by atoms with Gasteiger partial charge in [-0.1, -0.05) is 6.92 Å². The third-order valence-corrected chi connectivity index (χ3v) is 2.76. The van der Waals surface area contributed by atoms with Gasteiger partial charge < -0.3 is 20.3 Å². The number of H-pyrrole nitrogens is 1. The maximum atomic E-state index is 9.19. The molecule has 2 aromatic heterocycles. The Labute approximate surface area is 112 Å². The molecule has 104 valence electrons. The summed E-state index contributed by atoms with van der Waals surface area (Å²) in [6.45, 7) is 6.32. The number of anilines is 2. The lowest BCUT2D eigenvalue weighted by Gasteiger charge is -2.22. The molecule has 0 atom stereocenters. The molecule has 0 aliphatic rings. The van der Waals surface area contributed by atoms with Crippen molar-refractivity contribution < 1.29 is 5.11 Å². The number of aliphatic hydroxyl groups is 1. The number of aromatic amines is 1. The van der Waals surface area contributed by atoms with Gasteiger partial charge in [0.2, 0.25) is 5.95 Å². The Bertz CT molecular complexity index is 520. The predicted molar refractivity (Wildman–Crippen MR) is 75.4 cm³/mol. The van der Waals surface area contributed by atoms with E-state index in [9.17, 15) is 5.11 Å². The van der Waals surface area contributed by atoms with E-state index in [-0.39, 0.29) is 6.61 Å². The van der Waals surface area contributed by atoms with Crippen molar-refractivity contribution in [1.82, 2.24) is 19.9 Å². The van der Waals surface area contributed by atoms with Gasteiger partial charge in [-0.2, -0.15) is 9.97 Å².